The van der Waals surface area contributed by atoms with Crippen LogP contribution in [0.4, 0.5) is 0 Å². The fourth-order valence-corrected chi connectivity index (χ4v) is 3.64. The lowest BCUT2D eigenvalue weighted by Gasteiger charge is -2.16. The van der Waals surface area contributed by atoms with Crippen molar-refractivity contribution in [1.29, 1.82) is 0 Å². The second-order valence-electron chi connectivity index (χ2n) is 5.67. The number of rotatable bonds is 5. The topological polar surface area (TPSA) is 32.3 Å². The lowest BCUT2D eigenvalue weighted by Crippen LogP contribution is -2.19. The van der Waals surface area contributed by atoms with Gasteiger partial charge in [0.2, 0.25) is 0 Å². The zero-order valence-electron chi connectivity index (χ0n) is 13.3. The molecule has 0 heterocycles. The molecule has 23 heavy (non-hydrogen) atoms. The zero-order valence-corrected chi connectivity index (χ0v) is 15.7. The summed E-state index contributed by atoms with van der Waals surface area (Å²) in [6, 6.07) is 10.8. The van der Waals surface area contributed by atoms with Gasteiger partial charge in [-0.1, -0.05) is 51.3 Å². The number of ether oxygens (including phenoxy) is 1. The fraction of sp³-hybridized carbons (Fsp3) is 0.278. The third-order valence-electron chi connectivity index (χ3n) is 3.15. The van der Waals surface area contributed by atoms with Crippen LogP contribution in [-0.4, -0.2) is 12.1 Å². The smallest absolute Gasteiger partial charge is 0.119 e. The van der Waals surface area contributed by atoms with E-state index in [-0.39, 0.29) is 5.48 Å². The summed E-state index contributed by atoms with van der Waals surface area (Å²) >= 11 is 12.2. The number of hydrogen-bond donors (Lipinski definition) is 0. The van der Waals surface area contributed by atoms with Crippen LogP contribution in [0.5, 0.6) is 5.75 Å². The average Bonchev–Trinajstić information content (AvgIpc) is 2.47. The molecule has 2 aromatic carbocycles. The Hall–Kier alpha value is -1.05. The van der Waals surface area contributed by atoms with Crippen LogP contribution >= 0.6 is 31.4 Å². The number of aryl methyl sites for hydroxylation is 1. The van der Waals surface area contributed by atoms with E-state index in [1.807, 2.05) is 25.1 Å². The van der Waals surface area contributed by atoms with E-state index in [0.717, 1.165) is 16.6 Å². The summed E-state index contributed by atoms with van der Waals surface area (Å²) in [5.41, 5.74) is 1.26. The predicted octanol–water partition coefficient (Wildman–Crippen LogP) is 4.45. The van der Waals surface area contributed by atoms with E-state index in [9.17, 15) is 5.11 Å². The fourth-order valence-electron chi connectivity index (χ4n) is 1.97. The normalized spacial score (nSPS) is 11.9. The van der Waals surface area contributed by atoms with Crippen molar-refractivity contribution in [3.63, 3.8) is 0 Å². The van der Waals surface area contributed by atoms with Gasteiger partial charge in [-0.25, -0.2) is 0 Å². The molecule has 0 aliphatic heterocycles. The molecule has 0 spiro atoms. The molecule has 0 aliphatic rings. The van der Waals surface area contributed by atoms with Crippen LogP contribution in [0.1, 0.15) is 25.0 Å². The first-order valence-electron chi connectivity index (χ1n) is 7.32. The highest BCUT2D eigenvalue weighted by atomic mass is 35.5. The maximum atomic E-state index is 12.5. The molecule has 5 heteroatoms. The van der Waals surface area contributed by atoms with Gasteiger partial charge < -0.3 is 9.84 Å². The molecule has 0 unspecified atom stereocenters. The summed E-state index contributed by atoms with van der Waals surface area (Å²) in [7, 11) is 0.550. The van der Waals surface area contributed by atoms with Crippen LogP contribution in [0, 0.1) is 12.8 Å². The van der Waals surface area contributed by atoms with Gasteiger partial charge in [-0.05, 0) is 48.7 Å². The molecule has 0 atom stereocenters. The van der Waals surface area contributed by atoms with E-state index < -0.39 is 0 Å². The molecule has 0 aliphatic carbocycles. The average molecular weight is 368 g/mol. The maximum absolute atomic E-state index is 12.5. The lowest BCUT2D eigenvalue weighted by atomic mass is 10.2. The first-order chi connectivity index (χ1) is 10.9. The third-order valence-corrected chi connectivity index (χ3v) is 4.95. The second-order valence-corrected chi connectivity index (χ2v) is 7.59. The van der Waals surface area contributed by atoms with Crippen molar-refractivity contribution in [1.82, 2.24) is 0 Å². The van der Waals surface area contributed by atoms with Crippen LogP contribution in [0.3, 0.4) is 0 Å². The highest BCUT2D eigenvalue weighted by molar-refractivity contribution is 7.49. The van der Waals surface area contributed by atoms with Gasteiger partial charge in [-0.2, -0.15) is 0 Å². The molecular weight excluding hydrogens is 350 g/mol. The summed E-state index contributed by atoms with van der Waals surface area (Å²) in [4.78, 5) is 0. The Morgan fingerprint density at radius 3 is 2.39 bits per heavy atom. The standard InChI is InChI=1S/C18H19Cl2O2P/c1-11(2)10-22-13-7-8-16(12(3)9-13)23-18(21)17-14(19)5-4-6-15(17)20/h4-9,11,21H,10H2,1-3H3/p-1. The molecule has 0 bridgehead atoms. The molecule has 2 aromatic rings. The first-order valence-corrected chi connectivity index (χ1v) is 8.97. The highest BCUT2D eigenvalue weighted by Gasteiger charge is 2.06. The monoisotopic (exact) mass is 367 g/mol. The van der Waals surface area contributed by atoms with Crippen molar-refractivity contribution in [3.05, 3.63) is 57.6 Å². The molecule has 122 valence electrons. The van der Waals surface area contributed by atoms with E-state index >= 15 is 0 Å². The summed E-state index contributed by atoms with van der Waals surface area (Å²) in [6.45, 7) is 6.84. The minimum Gasteiger partial charge on any atom is -0.823 e. The second kappa shape index (κ2) is 8.17. The highest BCUT2D eigenvalue weighted by Crippen LogP contribution is 2.26. The lowest BCUT2D eigenvalue weighted by molar-refractivity contribution is -0.206. The van der Waals surface area contributed by atoms with Crippen LogP contribution < -0.4 is 15.1 Å². The van der Waals surface area contributed by atoms with Crippen LogP contribution in [0.2, 0.25) is 10.0 Å². The molecule has 2 rings (SSSR count). The zero-order chi connectivity index (χ0) is 17.0. The molecular formula is C18H18Cl2O2P-. The largest absolute Gasteiger partial charge is 0.823 e. The SMILES string of the molecule is Cc1cc(OCC(C)C)ccc1P=C([O-])c1c(Cl)cccc1Cl. The van der Waals surface area contributed by atoms with Gasteiger partial charge in [0.15, 0.2) is 0 Å². The molecule has 0 saturated heterocycles. The van der Waals surface area contributed by atoms with E-state index in [0.29, 0.717) is 36.3 Å². The maximum Gasteiger partial charge on any atom is 0.119 e. The summed E-state index contributed by atoms with van der Waals surface area (Å²) in [6.07, 6.45) is 0. The van der Waals surface area contributed by atoms with Crippen LogP contribution in [0.25, 0.3) is 0 Å². The van der Waals surface area contributed by atoms with Crippen molar-refractivity contribution in [2.45, 2.75) is 20.8 Å². The molecule has 0 radical (unpaired) electrons. The summed E-state index contributed by atoms with van der Waals surface area (Å²) in [5, 5.41) is 14.2. The van der Waals surface area contributed by atoms with Gasteiger partial charge in [-0.3, -0.25) is 0 Å². The quantitative estimate of drug-likeness (QED) is 0.731. The van der Waals surface area contributed by atoms with Crippen molar-refractivity contribution in [3.8, 4) is 5.75 Å². The van der Waals surface area contributed by atoms with Gasteiger partial charge >= 0.3 is 0 Å². The van der Waals surface area contributed by atoms with Crippen LogP contribution in [0.15, 0.2) is 36.4 Å². The number of hydrogen-bond acceptors (Lipinski definition) is 2. The number of benzene rings is 2. The first kappa shape index (κ1) is 18.3. The van der Waals surface area contributed by atoms with Crippen molar-refractivity contribution in [2.75, 3.05) is 6.61 Å². The Morgan fingerprint density at radius 1 is 1.17 bits per heavy atom. The molecule has 0 saturated carbocycles. The van der Waals surface area contributed by atoms with E-state index in [2.05, 4.69) is 13.8 Å². The van der Waals surface area contributed by atoms with E-state index in [1.165, 1.54) is 0 Å². The van der Waals surface area contributed by atoms with Gasteiger partial charge in [0.25, 0.3) is 0 Å². The van der Waals surface area contributed by atoms with E-state index in [1.54, 1.807) is 18.2 Å². The number of halogens is 2. The summed E-state index contributed by atoms with van der Waals surface area (Å²) < 4.78 is 5.70. The van der Waals surface area contributed by atoms with Crippen molar-refractivity contribution in [2.24, 2.45) is 5.92 Å². The Morgan fingerprint density at radius 2 is 1.83 bits per heavy atom. The summed E-state index contributed by atoms with van der Waals surface area (Å²) in [5.74, 6) is 1.29. The minimum absolute atomic E-state index is 0.112. The molecule has 0 amide bonds. The Kier molecular flexibility index (Phi) is 6.50. The molecule has 2 nitrogen and oxygen atoms in total. The van der Waals surface area contributed by atoms with Crippen molar-refractivity contribution >= 4 is 42.2 Å². The van der Waals surface area contributed by atoms with E-state index in [4.69, 9.17) is 27.9 Å². The Labute approximate surface area is 148 Å². The predicted molar refractivity (Wildman–Crippen MR) is 98.6 cm³/mol. The van der Waals surface area contributed by atoms with Crippen molar-refractivity contribution < 1.29 is 9.84 Å². The molecule has 0 aromatic heterocycles. The molecule has 0 fully saturated rings. The minimum atomic E-state index is -0.112. The van der Waals surface area contributed by atoms with Gasteiger partial charge in [0.05, 0.1) is 6.61 Å². The van der Waals surface area contributed by atoms with Gasteiger partial charge in [-0.15, -0.1) is 5.48 Å². The molecule has 0 N–H and O–H groups in total. The van der Waals surface area contributed by atoms with Gasteiger partial charge in [0, 0.05) is 20.9 Å². The Balaban J connectivity index is 2.28. The van der Waals surface area contributed by atoms with Crippen LogP contribution in [-0.2, 0) is 0 Å². The van der Waals surface area contributed by atoms with Gasteiger partial charge in [0.1, 0.15) is 5.75 Å². The Bertz CT molecular complexity index is 707. The third kappa shape index (κ3) is 4.96.